The van der Waals surface area contributed by atoms with Crippen molar-refractivity contribution in [3.63, 3.8) is 0 Å². The summed E-state index contributed by atoms with van der Waals surface area (Å²) >= 11 is 2.16. The van der Waals surface area contributed by atoms with Gasteiger partial charge in [-0.1, -0.05) is 13.0 Å². The van der Waals surface area contributed by atoms with Gasteiger partial charge >= 0.3 is 0 Å². The molecule has 1 aromatic rings. The van der Waals surface area contributed by atoms with E-state index in [-0.39, 0.29) is 6.10 Å². The van der Waals surface area contributed by atoms with Gasteiger partial charge in [-0.2, -0.15) is 0 Å². The zero-order valence-electron chi connectivity index (χ0n) is 7.21. The second-order valence-corrected chi connectivity index (χ2v) is 3.84. The predicted octanol–water partition coefficient (Wildman–Crippen LogP) is 2.44. The molecule has 0 amide bonds. The first-order valence-electron chi connectivity index (χ1n) is 3.96. The van der Waals surface area contributed by atoms with E-state index < -0.39 is 0 Å². The molecule has 0 aliphatic heterocycles. The Morgan fingerprint density at radius 3 is 2.75 bits per heavy atom. The Kier molecular flexibility index (Phi) is 3.46. The zero-order chi connectivity index (χ0) is 9.14. The van der Waals surface area contributed by atoms with Gasteiger partial charge < -0.3 is 5.11 Å². The van der Waals surface area contributed by atoms with Crippen LogP contribution in [0, 0.1) is 10.6 Å². The number of aliphatic hydroxyl groups excluding tert-OH is 1. The van der Waals surface area contributed by atoms with Crippen molar-refractivity contribution in [2.45, 2.75) is 26.4 Å². The summed E-state index contributed by atoms with van der Waals surface area (Å²) in [5.74, 6) is 0. The van der Waals surface area contributed by atoms with Crippen molar-refractivity contribution in [1.29, 1.82) is 0 Å². The van der Waals surface area contributed by atoms with Crippen LogP contribution in [0.2, 0.25) is 0 Å². The predicted molar refractivity (Wildman–Crippen MR) is 56.9 cm³/mol. The molecule has 0 spiro atoms. The third-order valence-corrected chi connectivity index (χ3v) is 2.44. The molecule has 12 heavy (non-hydrogen) atoms. The summed E-state index contributed by atoms with van der Waals surface area (Å²) in [4.78, 5) is 4.27. The van der Waals surface area contributed by atoms with E-state index in [0.717, 1.165) is 21.4 Å². The monoisotopic (exact) mass is 277 g/mol. The van der Waals surface area contributed by atoms with Crippen LogP contribution in [0.5, 0.6) is 0 Å². The molecule has 0 fully saturated rings. The molecule has 0 radical (unpaired) electrons. The van der Waals surface area contributed by atoms with E-state index in [0.29, 0.717) is 0 Å². The van der Waals surface area contributed by atoms with E-state index in [9.17, 15) is 5.11 Å². The normalized spacial score (nSPS) is 13.0. The molecule has 0 aliphatic carbocycles. The van der Waals surface area contributed by atoms with E-state index in [2.05, 4.69) is 27.6 Å². The van der Waals surface area contributed by atoms with Crippen LogP contribution in [0.15, 0.2) is 12.1 Å². The van der Waals surface area contributed by atoms with Gasteiger partial charge in [-0.15, -0.1) is 0 Å². The minimum Gasteiger partial charge on any atom is -0.388 e. The maximum Gasteiger partial charge on any atom is 0.101 e. The maximum atomic E-state index is 9.56. The SMILES string of the molecule is CC[C@@H](O)c1ccc(I)nc1C. The minimum absolute atomic E-state index is 0.366. The lowest BCUT2D eigenvalue weighted by Crippen LogP contribution is -2.00. The van der Waals surface area contributed by atoms with E-state index in [1.165, 1.54) is 0 Å². The highest BCUT2D eigenvalue weighted by Crippen LogP contribution is 2.19. The molecule has 2 nitrogen and oxygen atoms in total. The number of aliphatic hydroxyl groups is 1. The number of aromatic nitrogens is 1. The molecule has 1 N–H and O–H groups in total. The Morgan fingerprint density at radius 2 is 2.25 bits per heavy atom. The molecule has 1 rings (SSSR count). The van der Waals surface area contributed by atoms with Gasteiger partial charge in [0.25, 0.3) is 0 Å². The molecule has 3 heteroatoms. The summed E-state index contributed by atoms with van der Waals surface area (Å²) < 4.78 is 0.970. The van der Waals surface area contributed by atoms with Gasteiger partial charge in [0.15, 0.2) is 0 Å². The van der Waals surface area contributed by atoms with E-state index in [4.69, 9.17) is 0 Å². The average molecular weight is 277 g/mol. The van der Waals surface area contributed by atoms with Crippen molar-refractivity contribution in [2.24, 2.45) is 0 Å². The van der Waals surface area contributed by atoms with Crippen molar-refractivity contribution in [2.75, 3.05) is 0 Å². The number of halogens is 1. The van der Waals surface area contributed by atoms with Crippen LogP contribution in [0.3, 0.4) is 0 Å². The Hall–Kier alpha value is -0.160. The number of aryl methyl sites for hydroxylation is 1. The van der Waals surface area contributed by atoms with Crippen LogP contribution in [0.1, 0.15) is 30.7 Å². The lowest BCUT2D eigenvalue weighted by atomic mass is 10.1. The minimum atomic E-state index is -0.366. The first-order chi connectivity index (χ1) is 5.65. The highest BCUT2D eigenvalue weighted by atomic mass is 127. The Balaban J connectivity index is 3.01. The van der Waals surface area contributed by atoms with Crippen LogP contribution in [0.4, 0.5) is 0 Å². The molecule has 0 saturated carbocycles. The van der Waals surface area contributed by atoms with Crippen LogP contribution >= 0.6 is 22.6 Å². The molecule has 0 bridgehead atoms. The molecule has 1 aromatic heterocycles. The van der Waals surface area contributed by atoms with Crippen molar-refractivity contribution in [3.8, 4) is 0 Å². The smallest absolute Gasteiger partial charge is 0.101 e. The zero-order valence-corrected chi connectivity index (χ0v) is 9.37. The lowest BCUT2D eigenvalue weighted by Gasteiger charge is -2.10. The average Bonchev–Trinajstić information content (AvgIpc) is 2.03. The molecule has 0 saturated heterocycles. The molecule has 0 unspecified atom stereocenters. The van der Waals surface area contributed by atoms with Gasteiger partial charge in [0.1, 0.15) is 3.70 Å². The highest BCUT2D eigenvalue weighted by Gasteiger charge is 2.08. The summed E-state index contributed by atoms with van der Waals surface area (Å²) in [6, 6.07) is 3.86. The number of hydrogen-bond acceptors (Lipinski definition) is 2. The second-order valence-electron chi connectivity index (χ2n) is 2.73. The number of pyridine rings is 1. The molecule has 66 valence electrons. The van der Waals surface area contributed by atoms with E-state index >= 15 is 0 Å². The van der Waals surface area contributed by atoms with Crippen molar-refractivity contribution in [1.82, 2.24) is 4.98 Å². The largest absolute Gasteiger partial charge is 0.388 e. The first kappa shape index (κ1) is 9.92. The Labute approximate surface area is 86.2 Å². The molecule has 1 atom stereocenters. The van der Waals surface area contributed by atoms with Crippen molar-refractivity contribution in [3.05, 3.63) is 27.1 Å². The summed E-state index contributed by atoms with van der Waals surface area (Å²) in [6.07, 6.45) is 0.373. The maximum absolute atomic E-state index is 9.56. The molecular formula is C9H12INO. The molecule has 1 heterocycles. The van der Waals surface area contributed by atoms with Crippen LogP contribution in [-0.4, -0.2) is 10.1 Å². The van der Waals surface area contributed by atoms with Gasteiger partial charge in [0.05, 0.1) is 6.10 Å². The number of nitrogens with zero attached hydrogens (tertiary/aromatic N) is 1. The first-order valence-corrected chi connectivity index (χ1v) is 5.04. The summed E-state index contributed by atoms with van der Waals surface area (Å²) in [6.45, 7) is 3.89. The van der Waals surface area contributed by atoms with E-state index in [1.54, 1.807) is 0 Å². The van der Waals surface area contributed by atoms with Crippen molar-refractivity contribution < 1.29 is 5.11 Å². The van der Waals surface area contributed by atoms with Gasteiger partial charge in [-0.05, 0) is 42.0 Å². The van der Waals surface area contributed by atoms with Crippen LogP contribution in [-0.2, 0) is 0 Å². The third kappa shape index (κ3) is 2.17. The quantitative estimate of drug-likeness (QED) is 0.665. The topological polar surface area (TPSA) is 33.1 Å². The van der Waals surface area contributed by atoms with Gasteiger partial charge in [0, 0.05) is 11.3 Å². The van der Waals surface area contributed by atoms with Gasteiger partial charge in [0.2, 0.25) is 0 Å². The fourth-order valence-electron chi connectivity index (χ4n) is 1.11. The fourth-order valence-corrected chi connectivity index (χ4v) is 1.65. The number of rotatable bonds is 2. The summed E-state index contributed by atoms with van der Waals surface area (Å²) in [5, 5.41) is 9.56. The fraction of sp³-hybridized carbons (Fsp3) is 0.444. The second kappa shape index (κ2) is 4.18. The number of hydrogen-bond donors (Lipinski definition) is 1. The Bertz CT molecular complexity index is 275. The van der Waals surface area contributed by atoms with Crippen molar-refractivity contribution >= 4 is 22.6 Å². The summed E-state index contributed by atoms with van der Waals surface area (Å²) in [7, 11) is 0. The highest BCUT2D eigenvalue weighted by molar-refractivity contribution is 14.1. The molecule has 0 aromatic carbocycles. The van der Waals surface area contributed by atoms with Gasteiger partial charge in [-0.3, -0.25) is 0 Å². The molecule has 0 aliphatic rings. The van der Waals surface area contributed by atoms with Crippen LogP contribution < -0.4 is 0 Å². The lowest BCUT2D eigenvalue weighted by molar-refractivity contribution is 0.172. The third-order valence-electron chi connectivity index (χ3n) is 1.84. The summed E-state index contributed by atoms with van der Waals surface area (Å²) in [5.41, 5.74) is 1.87. The standard InChI is InChI=1S/C9H12INO/c1-3-8(12)7-4-5-9(10)11-6(7)2/h4-5,8,12H,3H2,1-2H3/t8-/m1/s1. The van der Waals surface area contributed by atoms with E-state index in [1.807, 2.05) is 26.0 Å². The van der Waals surface area contributed by atoms with Crippen LogP contribution in [0.25, 0.3) is 0 Å². The molecular weight excluding hydrogens is 265 g/mol. The Morgan fingerprint density at radius 1 is 1.58 bits per heavy atom. The van der Waals surface area contributed by atoms with Gasteiger partial charge in [-0.25, -0.2) is 4.98 Å².